The molecule has 0 amide bonds. The van der Waals surface area contributed by atoms with Crippen LogP contribution >= 0.6 is 0 Å². The van der Waals surface area contributed by atoms with Crippen LogP contribution in [0.2, 0.25) is 0 Å². The van der Waals surface area contributed by atoms with Gasteiger partial charge in [-0.1, -0.05) is 24.3 Å². The van der Waals surface area contributed by atoms with E-state index in [2.05, 4.69) is 29.6 Å². The highest BCUT2D eigenvalue weighted by Crippen LogP contribution is 2.13. The second kappa shape index (κ2) is 6.74. The van der Waals surface area contributed by atoms with Crippen LogP contribution in [0.3, 0.4) is 0 Å². The molecular formula is C14H22N2O. The van der Waals surface area contributed by atoms with Crippen LogP contribution in [-0.4, -0.2) is 19.8 Å². The number of nitrogens with two attached hydrogens (primary N) is 1. The maximum atomic E-state index is 5.57. The predicted octanol–water partition coefficient (Wildman–Crippen LogP) is 1.66. The van der Waals surface area contributed by atoms with Crippen molar-refractivity contribution in [2.75, 3.05) is 19.8 Å². The Balaban J connectivity index is 1.69. The van der Waals surface area contributed by atoms with Crippen molar-refractivity contribution in [2.24, 2.45) is 11.7 Å². The average molecular weight is 234 g/mol. The van der Waals surface area contributed by atoms with E-state index >= 15 is 0 Å². The minimum Gasteiger partial charge on any atom is -0.381 e. The summed E-state index contributed by atoms with van der Waals surface area (Å²) in [6, 6.07) is 8.51. The molecule has 3 nitrogen and oxygen atoms in total. The van der Waals surface area contributed by atoms with Crippen LogP contribution in [0.4, 0.5) is 0 Å². The molecule has 0 bridgehead atoms. The highest BCUT2D eigenvalue weighted by Gasteiger charge is 2.12. The molecule has 1 aromatic rings. The topological polar surface area (TPSA) is 47.3 Å². The first kappa shape index (κ1) is 12.6. The SMILES string of the molecule is NCc1ccc(CNCC2CCOCC2)cc1. The Morgan fingerprint density at radius 1 is 1.12 bits per heavy atom. The fourth-order valence-corrected chi connectivity index (χ4v) is 2.16. The maximum absolute atomic E-state index is 5.57. The molecule has 3 heteroatoms. The minimum absolute atomic E-state index is 0.621. The van der Waals surface area contributed by atoms with E-state index in [1.807, 2.05) is 0 Å². The molecule has 0 aliphatic carbocycles. The first-order valence-electron chi connectivity index (χ1n) is 6.45. The maximum Gasteiger partial charge on any atom is 0.0469 e. The minimum atomic E-state index is 0.621. The molecule has 1 aromatic carbocycles. The molecule has 1 saturated heterocycles. The van der Waals surface area contributed by atoms with Gasteiger partial charge in [0.1, 0.15) is 0 Å². The summed E-state index contributed by atoms with van der Waals surface area (Å²) in [5.41, 5.74) is 8.09. The van der Waals surface area contributed by atoms with E-state index in [4.69, 9.17) is 10.5 Å². The third-order valence-corrected chi connectivity index (χ3v) is 3.36. The zero-order chi connectivity index (χ0) is 11.9. The van der Waals surface area contributed by atoms with Crippen molar-refractivity contribution in [2.45, 2.75) is 25.9 Å². The van der Waals surface area contributed by atoms with Gasteiger partial charge in [-0.2, -0.15) is 0 Å². The zero-order valence-electron chi connectivity index (χ0n) is 10.3. The van der Waals surface area contributed by atoms with Gasteiger partial charge in [-0.15, -0.1) is 0 Å². The van der Waals surface area contributed by atoms with Crippen LogP contribution in [-0.2, 0) is 17.8 Å². The summed E-state index contributed by atoms with van der Waals surface area (Å²) in [7, 11) is 0. The van der Waals surface area contributed by atoms with Crippen LogP contribution in [0, 0.1) is 5.92 Å². The molecule has 0 radical (unpaired) electrons. The van der Waals surface area contributed by atoms with Gasteiger partial charge in [-0.05, 0) is 36.4 Å². The van der Waals surface area contributed by atoms with Crippen molar-refractivity contribution >= 4 is 0 Å². The number of hydrogen-bond acceptors (Lipinski definition) is 3. The van der Waals surface area contributed by atoms with Gasteiger partial charge in [0.15, 0.2) is 0 Å². The van der Waals surface area contributed by atoms with Crippen molar-refractivity contribution in [3.05, 3.63) is 35.4 Å². The van der Waals surface area contributed by atoms with E-state index in [1.54, 1.807) is 0 Å². The number of ether oxygens (including phenoxy) is 1. The van der Waals surface area contributed by atoms with Gasteiger partial charge in [0.2, 0.25) is 0 Å². The van der Waals surface area contributed by atoms with Crippen LogP contribution in [0.5, 0.6) is 0 Å². The number of nitrogens with one attached hydrogen (secondary N) is 1. The van der Waals surface area contributed by atoms with Gasteiger partial charge < -0.3 is 15.8 Å². The Bertz CT molecular complexity index is 317. The Morgan fingerprint density at radius 2 is 1.76 bits per heavy atom. The lowest BCUT2D eigenvalue weighted by Gasteiger charge is -2.22. The quantitative estimate of drug-likeness (QED) is 0.814. The summed E-state index contributed by atoms with van der Waals surface area (Å²) >= 11 is 0. The molecule has 1 fully saturated rings. The summed E-state index contributed by atoms with van der Waals surface area (Å²) in [5, 5.41) is 3.52. The Kier molecular flexibility index (Phi) is 4.98. The van der Waals surface area contributed by atoms with Gasteiger partial charge >= 0.3 is 0 Å². The summed E-state index contributed by atoms with van der Waals surface area (Å²) in [5.74, 6) is 0.784. The fourth-order valence-electron chi connectivity index (χ4n) is 2.16. The summed E-state index contributed by atoms with van der Waals surface area (Å²) < 4.78 is 5.35. The molecule has 1 aliphatic rings. The van der Waals surface area contributed by atoms with Gasteiger partial charge in [0.05, 0.1) is 0 Å². The summed E-state index contributed by atoms with van der Waals surface area (Å²) in [4.78, 5) is 0. The molecule has 0 unspecified atom stereocenters. The summed E-state index contributed by atoms with van der Waals surface area (Å²) in [6.45, 7) is 4.52. The van der Waals surface area contributed by atoms with E-state index < -0.39 is 0 Å². The van der Waals surface area contributed by atoms with Crippen LogP contribution in [0.25, 0.3) is 0 Å². The van der Waals surface area contributed by atoms with Crippen molar-refractivity contribution < 1.29 is 4.74 Å². The Hall–Kier alpha value is -0.900. The molecule has 0 atom stereocenters. The first-order chi connectivity index (χ1) is 8.38. The van der Waals surface area contributed by atoms with E-state index in [1.165, 1.54) is 24.0 Å². The smallest absolute Gasteiger partial charge is 0.0469 e. The molecule has 1 aliphatic heterocycles. The van der Waals surface area contributed by atoms with Crippen molar-refractivity contribution in [1.82, 2.24) is 5.32 Å². The van der Waals surface area contributed by atoms with Crippen LogP contribution in [0.15, 0.2) is 24.3 Å². The number of hydrogen-bond donors (Lipinski definition) is 2. The van der Waals surface area contributed by atoms with E-state index in [0.29, 0.717) is 6.54 Å². The highest BCUT2D eigenvalue weighted by molar-refractivity contribution is 5.22. The molecule has 0 spiro atoms. The highest BCUT2D eigenvalue weighted by atomic mass is 16.5. The second-order valence-electron chi connectivity index (χ2n) is 4.71. The Labute approximate surface area is 103 Å². The normalized spacial score (nSPS) is 17.2. The van der Waals surface area contributed by atoms with E-state index in [9.17, 15) is 0 Å². The second-order valence-corrected chi connectivity index (χ2v) is 4.71. The van der Waals surface area contributed by atoms with E-state index in [-0.39, 0.29) is 0 Å². The molecule has 1 heterocycles. The zero-order valence-corrected chi connectivity index (χ0v) is 10.3. The number of benzene rings is 1. The van der Waals surface area contributed by atoms with Crippen molar-refractivity contribution in [1.29, 1.82) is 0 Å². The molecule has 3 N–H and O–H groups in total. The molecule has 0 saturated carbocycles. The fraction of sp³-hybridized carbons (Fsp3) is 0.571. The van der Waals surface area contributed by atoms with Crippen LogP contribution < -0.4 is 11.1 Å². The lowest BCUT2D eigenvalue weighted by Crippen LogP contribution is -2.27. The molecule has 2 rings (SSSR count). The predicted molar refractivity (Wildman–Crippen MR) is 69.6 cm³/mol. The van der Waals surface area contributed by atoms with Gasteiger partial charge in [-0.25, -0.2) is 0 Å². The molecular weight excluding hydrogens is 212 g/mol. The average Bonchev–Trinajstić information content (AvgIpc) is 2.41. The van der Waals surface area contributed by atoms with Gasteiger partial charge in [0.25, 0.3) is 0 Å². The summed E-state index contributed by atoms with van der Waals surface area (Å²) in [6.07, 6.45) is 2.39. The number of rotatable bonds is 5. The Morgan fingerprint density at radius 3 is 2.41 bits per heavy atom. The third kappa shape index (κ3) is 4.11. The standard InChI is InChI=1S/C14H22N2O/c15-9-12-1-3-13(4-2-12)10-16-11-14-5-7-17-8-6-14/h1-4,14,16H,5-11,15H2. The molecule has 94 valence electrons. The van der Waals surface area contributed by atoms with Gasteiger partial charge in [0, 0.05) is 26.3 Å². The van der Waals surface area contributed by atoms with Crippen molar-refractivity contribution in [3.63, 3.8) is 0 Å². The van der Waals surface area contributed by atoms with Gasteiger partial charge in [-0.3, -0.25) is 0 Å². The first-order valence-corrected chi connectivity index (χ1v) is 6.45. The molecule has 17 heavy (non-hydrogen) atoms. The lowest BCUT2D eigenvalue weighted by atomic mass is 10.0. The van der Waals surface area contributed by atoms with Crippen molar-refractivity contribution in [3.8, 4) is 0 Å². The lowest BCUT2D eigenvalue weighted by molar-refractivity contribution is 0.0662. The third-order valence-electron chi connectivity index (χ3n) is 3.36. The monoisotopic (exact) mass is 234 g/mol. The molecule has 0 aromatic heterocycles. The largest absolute Gasteiger partial charge is 0.381 e. The van der Waals surface area contributed by atoms with E-state index in [0.717, 1.165) is 32.2 Å². The van der Waals surface area contributed by atoms with Crippen LogP contribution in [0.1, 0.15) is 24.0 Å².